The minimum Gasteiger partial charge on any atom is -0.494 e. The fraction of sp³-hybridized carbons (Fsp3) is 0.316. The number of carbonyl (C=O) groups excluding carboxylic acids is 1. The Kier molecular flexibility index (Phi) is 4.99. The topological polar surface area (TPSA) is 41.6 Å². The Morgan fingerprint density at radius 2 is 2.00 bits per heavy atom. The Hall–Kier alpha value is -2.56. The number of anilines is 1. The molecule has 1 unspecified atom stereocenters. The molecule has 1 N–H and O–H groups in total. The molecular formula is C19H21FN2O2. The van der Waals surface area contributed by atoms with Gasteiger partial charge in [-0.25, -0.2) is 9.18 Å². The van der Waals surface area contributed by atoms with Crippen LogP contribution in [-0.4, -0.2) is 25.2 Å². The highest BCUT2D eigenvalue weighted by molar-refractivity contribution is 5.94. The van der Waals surface area contributed by atoms with E-state index in [1.807, 2.05) is 23.1 Å². The van der Waals surface area contributed by atoms with E-state index in [1.54, 1.807) is 12.1 Å². The van der Waals surface area contributed by atoms with Gasteiger partial charge in [-0.15, -0.1) is 0 Å². The molecule has 4 nitrogen and oxygen atoms in total. The van der Waals surface area contributed by atoms with E-state index in [2.05, 4.69) is 18.3 Å². The molecule has 2 aromatic rings. The van der Waals surface area contributed by atoms with Crippen molar-refractivity contribution in [2.45, 2.75) is 25.8 Å². The van der Waals surface area contributed by atoms with Crippen LogP contribution in [0.5, 0.6) is 5.75 Å². The second-order valence-electron chi connectivity index (χ2n) is 5.94. The van der Waals surface area contributed by atoms with Crippen molar-refractivity contribution >= 4 is 11.7 Å². The Morgan fingerprint density at radius 3 is 2.79 bits per heavy atom. The smallest absolute Gasteiger partial charge is 0.322 e. The fourth-order valence-corrected chi connectivity index (χ4v) is 2.95. The number of benzene rings is 2. The summed E-state index contributed by atoms with van der Waals surface area (Å²) in [4.78, 5) is 14.2. The van der Waals surface area contributed by atoms with Gasteiger partial charge in [-0.2, -0.15) is 0 Å². The second-order valence-corrected chi connectivity index (χ2v) is 5.94. The van der Waals surface area contributed by atoms with Crippen molar-refractivity contribution in [3.05, 3.63) is 59.9 Å². The van der Waals surface area contributed by atoms with Crippen LogP contribution in [0.4, 0.5) is 14.9 Å². The van der Waals surface area contributed by atoms with Gasteiger partial charge in [0.2, 0.25) is 0 Å². The molecule has 126 valence electrons. The minimum absolute atomic E-state index is 0.0748. The summed E-state index contributed by atoms with van der Waals surface area (Å²) in [5.74, 6) is 0.347. The first-order chi connectivity index (χ1) is 11.6. The first-order valence-electron chi connectivity index (χ1n) is 8.18. The summed E-state index contributed by atoms with van der Waals surface area (Å²) in [6, 6.07) is 14.0. The lowest BCUT2D eigenvalue weighted by Gasteiger charge is -2.23. The zero-order valence-electron chi connectivity index (χ0n) is 13.7. The van der Waals surface area contributed by atoms with E-state index in [9.17, 15) is 9.18 Å². The molecule has 1 aliphatic rings. The van der Waals surface area contributed by atoms with Crippen LogP contribution in [0.1, 0.15) is 18.9 Å². The number of para-hydroxylation sites is 1. The van der Waals surface area contributed by atoms with E-state index in [1.165, 1.54) is 17.7 Å². The molecule has 5 heteroatoms. The number of rotatable bonds is 5. The van der Waals surface area contributed by atoms with Gasteiger partial charge in [0, 0.05) is 18.3 Å². The number of hydrogen-bond donors (Lipinski definition) is 1. The molecule has 2 aromatic carbocycles. The molecule has 1 atom stereocenters. The lowest BCUT2D eigenvalue weighted by molar-refractivity contribution is 0.243. The average Bonchev–Trinajstić information content (AvgIpc) is 2.92. The zero-order valence-corrected chi connectivity index (χ0v) is 13.7. The molecule has 0 saturated carbocycles. The number of hydrogen-bond acceptors (Lipinski definition) is 2. The number of urea groups is 1. The van der Waals surface area contributed by atoms with Crippen LogP contribution >= 0.6 is 0 Å². The molecule has 0 aliphatic carbocycles. The summed E-state index contributed by atoms with van der Waals surface area (Å²) in [5.41, 5.74) is 2.20. The van der Waals surface area contributed by atoms with Crippen LogP contribution in [0, 0.1) is 5.82 Å². The monoisotopic (exact) mass is 328 g/mol. The maximum Gasteiger partial charge on any atom is 0.322 e. The largest absolute Gasteiger partial charge is 0.494 e. The molecule has 0 radical (unpaired) electrons. The highest BCUT2D eigenvalue weighted by atomic mass is 19.1. The number of nitrogens with zero attached hydrogens (tertiary/aromatic N) is 1. The lowest BCUT2D eigenvalue weighted by Crippen LogP contribution is -2.43. The van der Waals surface area contributed by atoms with Crippen LogP contribution < -0.4 is 15.0 Å². The van der Waals surface area contributed by atoms with Crippen molar-refractivity contribution in [3.63, 3.8) is 0 Å². The summed E-state index contributed by atoms with van der Waals surface area (Å²) < 4.78 is 18.3. The standard InChI is InChI=1S/C19H21FN2O2/c1-14-13-15-5-2-3-6-18(15)22(14)19(23)21-11-4-12-24-17-9-7-16(20)8-10-17/h2-3,5-10,14H,4,11-13H2,1H3,(H,21,23). The van der Waals surface area contributed by atoms with Gasteiger partial charge in [0.25, 0.3) is 0 Å². The molecule has 0 aromatic heterocycles. The van der Waals surface area contributed by atoms with Crippen molar-refractivity contribution in [2.75, 3.05) is 18.1 Å². The van der Waals surface area contributed by atoms with Gasteiger partial charge in [-0.3, -0.25) is 4.90 Å². The van der Waals surface area contributed by atoms with E-state index in [0.29, 0.717) is 25.3 Å². The van der Waals surface area contributed by atoms with E-state index in [4.69, 9.17) is 4.74 Å². The number of carbonyl (C=O) groups is 1. The third kappa shape index (κ3) is 3.67. The van der Waals surface area contributed by atoms with Crippen molar-refractivity contribution in [3.8, 4) is 5.75 Å². The molecule has 2 amide bonds. The van der Waals surface area contributed by atoms with Gasteiger partial charge in [-0.1, -0.05) is 18.2 Å². The van der Waals surface area contributed by atoms with Gasteiger partial charge < -0.3 is 10.1 Å². The Morgan fingerprint density at radius 1 is 1.25 bits per heavy atom. The molecular weight excluding hydrogens is 307 g/mol. The normalized spacial score (nSPS) is 15.9. The molecule has 3 rings (SSSR count). The summed E-state index contributed by atoms with van der Waals surface area (Å²) in [6.45, 7) is 3.06. The minimum atomic E-state index is -0.283. The quantitative estimate of drug-likeness (QED) is 0.849. The lowest BCUT2D eigenvalue weighted by atomic mass is 10.1. The van der Waals surface area contributed by atoms with E-state index in [-0.39, 0.29) is 17.9 Å². The number of halogens is 1. The van der Waals surface area contributed by atoms with Crippen molar-refractivity contribution < 1.29 is 13.9 Å². The molecule has 0 fully saturated rings. The molecule has 0 spiro atoms. The predicted molar refractivity (Wildman–Crippen MR) is 92.0 cm³/mol. The maximum absolute atomic E-state index is 12.8. The van der Waals surface area contributed by atoms with Crippen LogP contribution in [-0.2, 0) is 6.42 Å². The van der Waals surface area contributed by atoms with Crippen molar-refractivity contribution in [2.24, 2.45) is 0 Å². The SMILES string of the molecule is CC1Cc2ccccc2N1C(=O)NCCCOc1ccc(F)cc1. The molecule has 24 heavy (non-hydrogen) atoms. The Bertz CT molecular complexity index is 703. The number of amides is 2. The van der Waals surface area contributed by atoms with Crippen LogP contribution in [0.2, 0.25) is 0 Å². The highest BCUT2D eigenvalue weighted by Crippen LogP contribution is 2.31. The Balaban J connectivity index is 1.44. The molecule has 0 bridgehead atoms. The van der Waals surface area contributed by atoms with Crippen LogP contribution in [0.3, 0.4) is 0 Å². The van der Waals surface area contributed by atoms with E-state index < -0.39 is 0 Å². The molecule has 0 saturated heterocycles. The molecule has 1 aliphatic heterocycles. The van der Waals surface area contributed by atoms with E-state index in [0.717, 1.165) is 12.1 Å². The third-order valence-corrected chi connectivity index (χ3v) is 4.11. The zero-order chi connectivity index (χ0) is 16.9. The molecule has 1 heterocycles. The van der Waals surface area contributed by atoms with Crippen molar-refractivity contribution in [1.82, 2.24) is 5.32 Å². The number of nitrogens with one attached hydrogen (secondary N) is 1. The van der Waals surface area contributed by atoms with Gasteiger partial charge in [0.1, 0.15) is 11.6 Å². The first kappa shape index (κ1) is 16.3. The third-order valence-electron chi connectivity index (χ3n) is 4.11. The Labute approximate surface area is 141 Å². The predicted octanol–water partition coefficient (Wildman–Crippen LogP) is 3.76. The van der Waals surface area contributed by atoms with Crippen molar-refractivity contribution in [1.29, 1.82) is 0 Å². The van der Waals surface area contributed by atoms with Gasteiger partial charge in [0.15, 0.2) is 0 Å². The van der Waals surface area contributed by atoms with Crippen LogP contribution in [0.15, 0.2) is 48.5 Å². The van der Waals surface area contributed by atoms with Crippen LogP contribution in [0.25, 0.3) is 0 Å². The average molecular weight is 328 g/mol. The highest BCUT2D eigenvalue weighted by Gasteiger charge is 2.30. The van der Waals surface area contributed by atoms with E-state index >= 15 is 0 Å². The maximum atomic E-state index is 12.8. The summed E-state index contributed by atoms with van der Waals surface area (Å²) in [7, 11) is 0. The van der Waals surface area contributed by atoms with Gasteiger partial charge in [0.05, 0.1) is 6.61 Å². The van der Waals surface area contributed by atoms with Gasteiger partial charge >= 0.3 is 6.03 Å². The summed E-state index contributed by atoms with van der Waals surface area (Å²) in [6.07, 6.45) is 1.57. The summed E-state index contributed by atoms with van der Waals surface area (Å²) >= 11 is 0. The second kappa shape index (κ2) is 7.34. The number of ether oxygens (including phenoxy) is 1. The first-order valence-corrected chi connectivity index (χ1v) is 8.18. The fourth-order valence-electron chi connectivity index (χ4n) is 2.95. The summed E-state index contributed by atoms with van der Waals surface area (Å²) in [5, 5.41) is 2.94. The number of fused-ring (bicyclic) bond motifs is 1. The van der Waals surface area contributed by atoms with Gasteiger partial charge in [-0.05, 0) is 55.7 Å².